The standard InChI is InChI=1S/C18H20N4O2/c1-21-9-5-8-15(21)16-13-23-11-10-22(16)12-17-19-18(24-20-17)14-6-3-2-4-7-14/h2-9,16H,10-13H2,1H3/t16-/m1/s1. The number of hydrogen-bond acceptors (Lipinski definition) is 5. The van der Waals surface area contributed by atoms with Crippen molar-refractivity contribution in [1.29, 1.82) is 0 Å². The molecule has 0 unspecified atom stereocenters. The van der Waals surface area contributed by atoms with Crippen LogP contribution in [0.5, 0.6) is 0 Å². The number of benzene rings is 1. The van der Waals surface area contributed by atoms with Gasteiger partial charge in [-0.25, -0.2) is 0 Å². The summed E-state index contributed by atoms with van der Waals surface area (Å²) in [5.74, 6) is 1.27. The van der Waals surface area contributed by atoms with Gasteiger partial charge in [-0.15, -0.1) is 0 Å². The highest BCUT2D eigenvalue weighted by Crippen LogP contribution is 2.26. The Morgan fingerprint density at radius 2 is 2.04 bits per heavy atom. The van der Waals surface area contributed by atoms with E-state index in [1.165, 1.54) is 5.69 Å². The van der Waals surface area contributed by atoms with Crippen molar-refractivity contribution in [3.63, 3.8) is 0 Å². The summed E-state index contributed by atoms with van der Waals surface area (Å²) < 4.78 is 13.2. The fourth-order valence-electron chi connectivity index (χ4n) is 3.12. The maximum absolute atomic E-state index is 5.68. The van der Waals surface area contributed by atoms with Gasteiger partial charge in [0.1, 0.15) is 0 Å². The second-order valence-corrected chi connectivity index (χ2v) is 5.99. The molecule has 1 aliphatic heterocycles. The summed E-state index contributed by atoms with van der Waals surface area (Å²) in [6, 6.07) is 14.2. The molecule has 1 aliphatic rings. The SMILES string of the molecule is Cn1cccc1[C@H]1COCCN1Cc1noc(-c2ccccc2)n1. The molecular formula is C18H20N4O2. The van der Waals surface area contributed by atoms with E-state index in [1.807, 2.05) is 30.3 Å². The van der Waals surface area contributed by atoms with Crippen LogP contribution in [0.1, 0.15) is 17.6 Å². The molecule has 1 aromatic carbocycles. The molecule has 3 aromatic rings. The third-order valence-electron chi connectivity index (χ3n) is 4.40. The van der Waals surface area contributed by atoms with Gasteiger partial charge in [-0.2, -0.15) is 4.98 Å². The van der Waals surface area contributed by atoms with E-state index in [1.54, 1.807) is 0 Å². The van der Waals surface area contributed by atoms with Crippen LogP contribution in [0, 0.1) is 0 Å². The van der Waals surface area contributed by atoms with Crippen molar-refractivity contribution < 1.29 is 9.26 Å². The van der Waals surface area contributed by atoms with E-state index in [0.717, 1.165) is 18.7 Å². The van der Waals surface area contributed by atoms with Gasteiger partial charge in [-0.1, -0.05) is 23.4 Å². The monoisotopic (exact) mass is 324 g/mol. The molecule has 6 nitrogen and oxygen atoms in total. The van der Waals surface area contributed by atoms with Gasteiger partial charge in [-0.05, 0) is 24.3 Å². The predicted octanol–water partition coefficient (Wildman–Crippen LogP) is 2.65. The summed E-state index contributed by atoms with van der Waals surface area (Å²) in [6.07, 6.45) is 2.06. The lowest BCUT2D eigenvalue weighted by molar-refractivity contribution is -0.0165. The van der Waals surface area contributed by atoms with Crippen LogP contribution < -0.4 is 0 Å². The van der Waals surface area contributed by atoms with Gasteiger partial charge >= 0.3 is 0 Å². The first-order valence-corrected chi connectivity index (χ1v) is 8.12. The van der Waals surface area contributed by atoms with Crippen LogP contribution in [0.25, 0.3) is 11.5 Å². The maximum Gasteiger partial charge on any atom is 0.257 e. The first-order chi connectivity index (χ1) is 11.8. The van der Waals surface area contributed by atoms with Crippen molar-refractivity contribution in [1.82, 2.24) is 19.6 Å². The van der Waals surface area contributed by atoms with Crippen molar-refractivity contribution in [2.24, 2.45) is 7.05 Å². The number of nitrogens with zero attached hydrogens (tertiary/aromatic N) is 4. The van der Waals surface area contributed by atoms with Crippen LogP contribution in [0.4, 0.5) is 0 Å². The highest BCUT2D eigenvalue weighted by atomic mass is 16.5. The van der Waals surface area contributed by atoms with Crippen molar-refractivity contribution in [2.45, 2.75) is 12.6 Å². The number of morpholine rings is 1. The zero-order valence-corrected chi connectivity index (χ0v) is 13.6. The lowest BCUT2D eigenvalue weighted by Crippen LogP contribution is -2.40. The Bertz CT molecular complexity index is 796. The van der Waals surface area contributed by atoms with E-state index in [9.17, 15) is 0 Å². The van der Waals surface area contributed by atoms with Crippen LogP contribution in [-0.2, 0) is 18.3 Å². The second-order valence-electron chi connectivity index (χ2n) is 5.99. The number of ether oxygens (including phenoxy) is 1. The number of hydrogen-bond donors (Lipinski definition) is 0. The van der Waals surface area contributed by atoms with E-state index in [0.29, 0.717) is 24.9 Å². The lowest BCUT2D eigenvalue weighted by Gasteiger charge is -2.35. The van der Waals surface area contributed by atoms with E-state index < -0.39 is 0 Å². The summed E-state index contributed by atoms with van der Waals surface area (Å²) in [4.78, 5) is 6.89. The largest absolute Gasteiger partial charge is 0.378 e. The maximum atomic E-state index is 5.68. The Labute approximate surface area is 140 Å². The number of aromatic nitrogens is 3. The average Bonchev–Trinajstić information content (AvgIpc) is 3.25. The van der Waals surface area contributed by atoms with Gasteiger partial charge in [-0.3, -0.25) is 4.90 Å². The van der Waals surface area contributed by atoms with Gasteiger partial charge in [0.05, 0.1) is 25.8 Å². The molecule has 4 rings (SSSR count). The summed E-state index contributed by atoms with van der Waals surface area (Å²) in [7, 11) is 2.06. The smallest absolute Gasteiger partial charge is 0.257 e. The van der Waals surface area contributed by atoms with Gasteiger partial charge in [0.25, 0.3) is 5.89 Å². The minimum Gasteiger partial charge on any atom is -0.378 e. The van der Waals surface area contributed by atoms with Crippen molar-refractivity contribution >= 4 is 0 Å². The minimum absolute atomic E-state index is 0.206. The third kappa shape index (κ3) is 2.98. The van der Waals surface area contributed by atoms with Crippen LogP contribution in [0.3, 0.4) is 0 Å². The zero-order valence-electron chi connectivity index (χ0n) is 13.6. The Morgan fingerprint density at radius 1 is 1.17 bits per heavy atom. The van der Waals surface area contributed by atoms with Crippen LogP contribution in [0.2, 0.25) is 0 Å². The molecule has 0 spiro atoms. The predicted molar refractivity (Wildman–Crippen MR) is 89.1 cm³/mol. The van der Waals surface area contributed by atoms with Crippen molar-refractivity contribution in [2.75, 3.05) is 19.8 Å². The quantitative estimate of drug-likeness (QED) is 0.738. The fraction of sp³-hybridized carbons (Fsp3) is 0.333. The highest BCUT2D eigenvalue weighted by molar-refractivity contribution is 5.51. The Kier molecular flexibility index (Phi) is 4.15. The van der Waals surface area contributed by atoms with Gasteiger partial charge in [0.15, 0.2) is 5.82 Å². The molecular weight excluding hydrogens is 304 g/mol. The molecule has 1 atom stereocenters. The molecule has 0 saturated carbocycles. The fourth-order valence-corrected chi connectivity index (χ4v) is 3.12. The molecule has 2 aromatic heterocycles. The van der Waals surface area contributed by atoms with E-state index in [4.69, 9.17) is 9.26 Å². The molecule has 24 heavy (non-hydrogen) atoms. The summed E-state index contributed by atoms with van der Waals surface area (Å²) in [5, 5.41) is 4.15. The molecule has 3 heterocycles. The van der Waals surface area contributed by atoms with E-state index in [2.05, 4.69) is 45.0 Å². The minimum atomic E-state index is 0.206. The number of aryl methyl sites for hydroxylation is 1. The molecule has 6 heteroatoms. The van der Waals surface area contributed by atoms with Crippen LogP contribution in [-0.4, -0.2) is 39.4 Å². The topological polar surface area (TPSA) is 56.3 Å². The first-order valence-electron chi connectivity index (χ1n) is 8.12. The van der Waals surface area contributed by atoms with Crippen LogP contribution in [0.15, 0.2) is 53.2 Å². The molecule has 124 valence electrons. The lowest BCUT2D eigenvalue weighted by atomic mass is 10.1. The third-order valence-corrected chi connectivity index (χ3v) is 4.40. The first kappa shape index (κ1) is 15.1. The van der Waals surface area contributed by atoms with E-state index in [-0.39, 0.29) is 6.04 Å². The van der Waals surface area contributed by atoms with E-state index >= 15 is 0 Å². The average molecular weight is 324 g/mol. The van der Waals surface area contributed by atoms with Gasteiger partial charge in [0.2, 0.25) is 0 Å². The second kappa shape index (κ2) is 6.59. The molecule has 0 radical (unpaired) electrons. The molecule has 0 N–H and O–H groups in total. The van der Waals surface area contributed by atoms with Crippen molar-refractivity contribution in [3.8, 4) is 11.5 Å². The molecule has 1 saturated heterocycles. The number of rotatable bonds is 4. The molecule has 0 aliphatic carbocycles. The normalized spacial score (nSPS) is 18.8. The zero-order chi connectivity index (χ0) is 16.4. The highest BCUT2D eigenvalue weighted by Gasteiger charge is 2.27. The molecule has 1 fully saturated rings. The van der Waals surface area contributed by atoms with Crippen molar-refractivity contribution in [3.05, 3.63) is 60.2 Å². The Hall–Kier alpha value is -2.44. The Balaban J connectivity index is 1.53. The van der Waals surface area contributed by atoms with Gasteiger partial charge < -0.3 is 13.8 Å². The summed E-state index contributed by atoms with van der Waals surface area (Å²) in [5.41, 5.74) is 2.18. The summed E-state index contributed by atoms with van der Waals surface area (Å²) >= 11 is 0. The summed E-state index contributed by atoms with van der Waals surface area (Å²) in [6.45, 7) is 2.91. The Morgan fingerprint density at radius 3 is 2.83 bits per heavy atom. The van der Waals surface area contributed by atoms with Gasteiger partial charge in [0, 0.05) is 31.0 Å². The van der Waals surface area contributed by atoms with Crippen LogP contribution >= 0.6 is 0 Å². The molecule has 0 amide bonds. The molecule has 0 bridgehead atoms.